The molecule has 0 bridgehead atoms. The van der Waals surface area contributed by atoms with Gasteiger partial charge in [-0.25, -0.2) is 0 Å². The molecule has 0 aliphatic rings. The van der Waals surface area contributed by atoms with E-state index in [0.29, 0.717) is 0 Å². The highest BCUT2D eigenvalue weighted by Gasteiger charge is 1.99. The van der Waals surface area contributed by atoms with Gasteiger partial charge in [0, 0.05) is 11.4 Å². The minimum absolute atomic E-state index is 0.728. The summed E-state index contributed by atoms with van der Waals surface area (Å²) in [6.45, 7) is 4.72. The van der Waals surface area contributed by atoms with Crippen LogP contribution in [0.25, 0.3) is 0 Å². The fraction of sp³-hybridized carbons (Fsp3) is 0.455. The standard InChI is InChI=1S/C11H17NOS/c1-3-12-8-9-13-10-6-4-5-7-11(10)14-2/h4-7,12H,3,8-9H2,1-2H3. The van der Waals surface area contributed by atoms with Gasteiger partial charge in [-0.05, 0) is 24.9 Å². The Kier molecular flexibility index (Phi) is 5.49. The summed E-state index contributed by atoms with van der Waals surface area (Å²) in [7, 11) is 0. The summed E-state index contributed by atoms with van der Waals surface area (Å²) >= 11 is 1.71. The first-order valence-corrected chi connectivity index (χ1v) is 6.07. The molecular weight excluding hydrogens is 194 g/mol. The molecule has 0 amide bonds. The summed E-state index contributed by atoms with van der Waals surface area (Å²) in [6.07, 6.45) is 2.06. The van der Waals surface area contributed by atoms with E-state index in [0.717, 1.165) is 25.4 Å². The quantitative estimate of drug-likeness (QED) is 0.576. The largest absolute Gasteiger partial charge is 0.491 e. The van der Waals surface area contributed by atoms with Crippen LogP contribution in [0.3, 0.4) is 0 Å². The normalized spacial score (nSPS) is 10.1. The van der Waals surface area contributed by atoms with Gasteiger partial charge in [0.05, 0.1) is 0 Å². The monoisotopic (exact) mass is 211 g/mol. The molecule has 0 fully saturated rings. The van der Waals surface area contributed by atoms with E-state index < -0.39 is 0 Å². The maximum Gasteiger partial charge on any atom is 0.132 e. The molecule has 0 aliphatic carbocycles. The van der Waals surface area contributed by atoms with Crippen molar-refractivity contribution in [1.82, 2.24) is 5.32 Å². The molecule has 0 saturated heterocycles. The van der Waals surface area contributed by atoms with E-state index in [1.54, 1.807) is 11.8 Å². The average Bonchev–Trinajstić information content (AvgIpc) is 2.25. The molecule has 1 aromatic carbocycles. The summed E-state index contributed by atoms with van der Waals surface area (Å²) in [5.41, 5.74) is 0. The number of nitrogens with one attached hydrogen (secondary N) is 1. The van der Waals surface area contributed by atoms with Crippen LogP contribution in [0.5, 0.6) is 5.75 Å². The summed E-state index contributed by atoms with van der Waals surface area (Å²) in [4.78, 5) is 1.20. The van der Waals surface area contributed by atoms with Gasteiger partial charge in [-0.15, -0.1) is 11.8 Å². The number of hydrogen-bond acceptors (Lipinski definition) is 3. The van der Waals surface area contributed by atoms with Crippen molar-refractivity contribution in [2.24, 2.45) is 0 Å². The maximum atomic E-state index is 5.65. The van der Waals surface area contributed by atoms with Crippen molar-refractivity contribution in [1.29, 1.82) is 0 Å². The Hall–Kier alpha value is -0.670. The van der Waals surface area contributed by atoms with Crippen LogP contribution < -0.4 is 10.1 Å². The summed E-state index contributed by atoms with van der Waals surface area (Å²) in [5.74, 6) is 0.984. The highest BCUT2D eigenvalue weighted by atomic mass is 32.2. The van der Waals surface area contributed by atoms with Crippen LogP contribution in [0.1, 0.15) is 6.92 Å². The Morgan fingerprint density at radius 2 is 2.14 bits per heavy atom. The topological polar surface area (TPSA) is 21.3 Å². The zero-order chi connectivity index (χ0) is 10.2. The van der Waals surface area contributed by atoms with Crippen molar-refractivity contribution in [3.8, 4) is 5.75 Å². The highest BCUT2D eigenvalue weighted by molar-refractivity contribution is 7.98. The number of likely N-dealkylation sites (N-methyl/N-ethyl adjacent to an activating group) is 1. The van der Waals surface area contributed by atoms with Gasteiger partial charge in [0.2, 0.25) is 0 Å². The molecule has 0 saturated carbocycles. The maximum absolute atomic E-state index is 5.65. The number of thioether (sulfide) groups is 1. The Balaban J connectivity index is 2.41. The van der Waals surface area contributed by atoms with Crippen molar-refractivity contribution >= 4 is 11.8 Å². The zero-order valence-electron chi connectivity index (χ0n) is 8.75. The van der Waals surface area contributed by atoms with Crippen LogP contribution in [0, 0.1) is 0 Å². The van der Waals surface area contributed by atoms with Gasteiger partial charge < -0.3 is 10.1 Å². The Labute approximate surface area is 90.0 Å². The van der Waals surface area contributed by atoms with E-state index in [1.165, 1.54) is 4.90 Å². The third-order valence-corrected chi connectivity index (χ3v) is 2.63. The molecule has 0 heterocycles. The molecular formula is C11H17NOS. The number of para-hydroxylation sites is 1. The van der Waals surface area contributed by atoms with Crippen LogP contribution in [0.2, 0.25) is 0 Å². The molecule has 1 aromatic rings. The number of rotatable bonds is 6. The number of ether oxygens (including phenoxy) is 1. The molecule has 0 aromatic heterocycles. The fourth-order valence-electron chi connectivity index (χ4n) is 1.15. The third-order valence-electron chi connectivity index (χ3n) is 1.86. The van der Waals surface area contributed by atoms with Crippen molar-refractivity contribution in [3.05, 3.63) is 24.3 Å². The number of hydrogen-bond donors (Lipinski definition) is 1. The minimum atomic E-state index is 0.728. The molecule has 2 nitrogen and oxygen atoms in total. The first kappa shape index (κ1) is 11.4. The molecule has 0 radical (unpaired) electrons. The van der Waals surface area contributed by atoms with Crippen molar-refractivity contribution < 1.29 is 4.74 Å². The summed E-state index contributed by atoms with van der Waals surface area (Å²) in [6, 6.07) is 8.12. The Bertz CT molecular complexity index is 265. The number of benzene rings is 1. The lowest BCUT2D eigenvalue weighted by atomic mass is 10.3. The minimum Gasteiger partial charge on any atom is -0.491 e. The lowest BCUT2D eigenvalue weighted by Gasteiger charge is -2.09. The molecule has 0 atom stereocenters. The van der Waals surface area contributed by atoms with E-state index in [1.807, 2.05) is 18.2 Å². The Morgan fingerprint density at radius 1 is 1.36 bits per heavy atom. The second kappa shape index (κ2) is 6.74. The van der Waals surface area contributed by atoms with Gasteiger partial charge in [0.25, 0.3) is 0 Å². The van der Waals surface area contributed by atoms with Crippen molar-refractivity contribution in [2.75, 3.05) is 26.0 Å². The molecule has 14 heavy (non-hydrogen) atoms. The zero-order valence-corrected chi connectivity index (χ0v) is 9.56. The van der Waals surface area contributed by atoms with E-state index in [-0.39, 0.29) is 0 Å². The van der Waals surface area contributed by atoms with Gasteiger partial charge in [-0.2, -0.15) is 0 Å². The molecule has 3 heteroatoms. The summed E-state index contributed by atoms with van der Waals surface area (Å²) in [5, 5.41) is 3.22. The predicted octanol–water partition coefficient (Wildman–Crippen LogP) is 2.40. The van der Waals surface area contributed by atoms with Gasteiger partial charge >= 0.3 is 0 Å². The first-order chi connectivity index (χ1) is 6.88. The lowest BCUT2D eigenvalue weighted by Crippen LogP contribution is -2.20. The van der Waals surface area contributed by atoms with Crippen LogP contribution >= 0.6 is 11.8 Å². The van der Waals surface area contributed by atoms with Gasteiger partial charge in [0.15, 0.2) is 0 Å². The van der Waals surface area contributed by atoms with E-state index in [2.05, 4.69) is 24.6 Å². The van der Waals surface area contributed by atoms with Crippen LogP contribution in [-0.4, -0.2) is 26.0 Å². The van der Waals surface area contributed by atoms with E-state index >= 15 is 0 Å². The molecule has 78 valence electrons. The van der Waals surface area contributed by atoms with Gasteiger partial charge in [-0.3, -0.25) is 0 Å². The van der Waals surface area contributed by atoms with Crippen LogP contribution in [0.15, 0.2) is 29.2 Å². The smallest absolute Gasteiger partial charge is 0.132 e. The van der Waals surface area contributed by atoms with Crippen LogP contribution in [-0.2, 0) is 0 Å². The molecule has 1 rings (SSSR count). The van der Waals surface area contributed by atoms with Crippen molar-refractivity contribution in [3.63, 3.8) is 0 Å². The van der Waals surface area contributed by atoms with Crippen molar-refractivity contribution in [2.45, 2.75) is 11.8 Å². The SMILES string of the molecule is CCNCCOc1ccccc1SC. The fourth-order valence-corrected chi connectivity index (χ4v) is 1.69. The average molecular weight is 211 g/mol. The van der Waals surface area contributed by atoms with Gasteiger partial charge in [0.1, 0.15) is 12.4 Å². The lowest BCUT2D eigenvalue weighted by molar-refractivity contribution is 0.308. The first-order valence-electron chi connectivity index (χ1n) is 4.85. The van der Waals surface area contributed by atoms with Gasteiger partial charge in [-0.1, -0.05) is 19.1 Å². The molecule has 1 N–H and O–H groups in total. The van der Waals surface area contributed by atoms with E-state index in [4.69, 9.17) is 4.74 Å². The second-order valence-electron chi connectivity index (χ2n) is 2.85. The third kappa shape index (κ3) is 3.60. The second-order valence-corrected chi connectivity index (χ2v) is 3.70. The molecule has 0 spiro atoms. The summed E-state index contributed by atoms with van der Waals surface area (Å²) < 4.78 is 5.65. The predicted molar refractivity (Wildman–Crippen MR) is 62.3 cm³/mol. The molecule has 0 aliphatic heterocycles. The Morgan fingerprint density at radius 3 is 2.86 bits per heavy atom. The highest BCUT2D eigenvalue weighted by Crippen LogP contribution is 2.26. The van der Waals surface area contributed by atoms with E-state index in [9.17, 15) is 0 Å². The molecule has 0 unspecified atom stereocenters. The van der Waals surface area contributed by atoms with Crippen LogP contribution in [0.4, 0.5) is 0 Å².